The summed E-state index contributed by atoms with van der Waals surface area (Å²) < 4.78 is 5.27. The van der Waals surface area contributed by atoms with E-state index in [1.807, 2.05) is 29.2 Å². The molecule has 1 aromatic carbocycles. The van der Waals surface area contributed by atoms with Crippen LogP contribution >= 0.6 is 0 Å². The van der Waals surface area contributed by atoms with Crippen LogP contribution in [0.5, 0.6) is 5.75 Å². The highest BCUT2D eigenvalue weighted by Crippen LogP contribution is 2.25. The third-order valence-corrected chi connectivity index (χ3v) is 4.06. The first-order valence-electron chi connectivity index (χ1n) is 7.40. The van der Waals surface area contributed by atoms with Gasteiger partial charge in [-0.3, -0.25) is 10.1 Å². The highest BCUT2D eigenvalue weighted by Gasteiger charge is 2.31. The molecule has 0 aromatic heterocycles. The Balaban J connectivity index is 2.08. The zero-order chi connectivity index (χ0) is 15.4. The van der Waals surface area contributed by atoms with Crippen molar-refractivity contribution in [3.05, 3.63) is 29.8 Å². The molecule has 0 spiro atoms. The van der Waals surface area contributed by atoms with E-state index in [1.165, 1.54) is 0 Å². The minimum atomic E-state index is -0.0619. The van der Waals surface area contributed by atoms with Gasteiger partial charge in [0, 0.05) is 19.1 Å². The van der Waals surface area contributed by atoms with Crippen LogP contribution in [-0.4, -0.2) is 55.5 Å². The normalized spacial score (nSPS) is 18.9. The van der Waals surface area contributed by atoms with E-state index in [-0.39, 0.29) is 12.1 Å². The Kier molecular flexibility index (Phi) is 5.20. The minimum absolute atomic E-state index is 0.0619. The van der Waals surface area contributed by atoms with Gasteiger partial charge < -0.3 is 14.5 Å². The fourth-order valence-corrected chi connectivity index (χ4v) is 2.43. The van der Waals surface area contributed by atoms with Crippen LogP contribution in [0.15, 0.2) is 24.3 Å². The van der Waals surface area contributed by atoms with E-state index in [0.717, 1.165) is 24.4 Å². The summed E-state index contributed by atoms with van der Waals surface area (Å²) >= 11 is 0. The molecule has 1 unspecified atom stereocenters. The van der Waals surface area contributed by atoms with Crippen LogP contribution in [0.1, 0.15) is 25.6 Å². The predicted molar refractivity (Wildman–Crippen MR) is 83.2 cm³/mol. The Morgan fingerprint density at radius 2 is 2.24 bits per heavy atom. The van der Waals surface area contributed by atoms with Crippen LogP contribution in [0.25, 0.3) is 0 Å². The van der Waals surface area contributed by atoms with Crippen LogP contribution in [0.3, 0.4) is 0 Å². The zero-order valence-corrected chi connectivity index (χ0v) is 13.3. The highest BCUT2D eigenvalue weighted by molar-refractivity contribution is 5.81. The van der Waals surface area contributed by atoms with E-state index >= 15 is 0 Å². The van der Waals surface area contributed by atoms with Gasteiger partial charge in [-0.15, -0.1) is 0 Å². The number of carbonyl (C=O) groups is 1. The van der Waals surface area contributed by atoms with Gasteiger partial charge in [0.15, 0.2) is 0 Å². The van der Waals surface area contributed by atoms with Crippen LogP contribution in [0.4, 0.5) is 0 Å². The fraction of sp³-hybridized carbons (Fsp3) is 0.562. The van der Waals surface area contributed by atoms with E-state index in [4.69, 9.17) is 4.74 Å². The molecule has 0 aliphatic carbocycles. The Morgan fingerprint density at radius 3 is 2.90 bits per heavy atom. The molecule has 1 fully saturated rings. The summed E-state index contributed by atoms with van der Waals surface area (Å²) in [6.07, 6.45) is -0.0619. The van der Waals surface area contributed by atoms with Gasteiger partial charge in [0.2, 0.25) is 5.91 Å². The fourth-order valence-electron chi connectivity index (χ4n) is 2.43. The average Bonchev–Trinajstić information content (AvgIpc) is 2.85. The Bertz CT molecular complexity index is 490. The van der Waals surface area contributed by atoms with Gasteiger partial charge in [-0.05, 0) is 38.6 Å². The van der Waals surface area contributed by atoms with Gasteiger partial charge >= 0.3 is 0 Å². The second-order valence-corrected chi connectivity index (χ2v) is 5.72. The van der Waals surface area contributed by atoms with Crippen molar-refractivity contribution in [2.24, 2.45) is 0 Å². The molecule has 1 N–H and O–H groups in total. The van der Waals surface area contributed by atoms with E-state index in [2.05, 4.69) is 31.1 Å². The predicted octanol–water partition coefficient (Wildman–Crippen LogP) is 1.47. The lowest BCUT2D eigenvalue weighted by Crippen LogP contribution is -2.39. The van der Waals surface area contributed by atoms with Crippen LogP contribution in [0, 0.1) is 0 Å². The topological polar surface area (TPSA) is 44.8 Å². The lowest BCUT2D eigenvalue weighted by Gasteiger charge is -2.28. The van der Waals surface area contributed by atoms with Crippen molar-refractivity contribution in [2.75, 3.05) is 33.8 Å². The van der Waals surface area contributed by atoms with Gasteiger partial charge in [0.1, 0.15) is 11.9 Å². The number of nitrogens with one attached hydrogen (secondary N) is 1. The Hall–Kier alpha value is -1.59. The Labute approximate surface area is 126 Å². The summed E-state index contributed by atoms with van der Waals surface area (Å²) in [6.45, 7) is 6.30. The first-order chi connectivity index (χ1) is 10.0. The van der Waals surface area contributed by atoms with Crippen molar-refractivity contribution in [1.82, 2.24) is 15.1 Å². The van der Waals surface area contributed by atoms with Crippen molar-refractivity contribution < 1.29 is 9.53 Å². The van der Waals surface area contributed by atoms with Gasteiger partial charge in [0.25, 0.3) is 0 Å². The SMILES string of the molecule is COc1cccc(C2NCC(=O)N2CCN(C)C(C)C)c1. The van der Waals surface area contributed by atoms with Crippen molar-refractivity contribution in [3.8, 4) is 5.75 Å². The van der Waals surface area contributed by atoms with E-state index in [9.17, 15) is 4.79 Å². The number of methoxy groups -OCH3 is 1. The van der Waals surface area contributed by atoms with Crippen LogP contribution in [0.2, 0.25) is 0 Å². The third-order valence-electron chi connectivity index (χ3n) is 4.06. The molecule has 0 saturated carbocycles. The molecule has 1 saturated heterocycles. The molecule has 0 bridgehead atoms. The van der Waals surface area contributed by atoms with E-state index < -0.39 is 0 Å². The van der Waals surface area contributed by atoms with Gasteiger partial charge in [-0.1, -0.05) is 12.1 Å². The maximum Gasteiger partial charge on any atom is 0.238 e. The number of likely N-dealkylation sites (N-methyl/N-ethyl adjacent to an activating group) is 1. The van der Waals surface area contributed by atoms with Crippen molar-refractivity contribution in [3.63, 3.8) is 0 Å². The molecule has 1 aliphatic heterocycles. The number of hydrogen-bond donors (Lipinski definition) is 1. The number of carbonyl (C=O) groups excluding carboxylic acids is 1. The summed E-state index contributed by atoms with van der Waals surface area (Å²) in [5, 5.41) is 3.28. The first kappa shape index (κ1) is 15.8. The molecule has 5 nitrogen and oxygen atoms in total. The molecular formula is C16H25N3O2. The molecule has 1 aromatic rings. The number of amides is 1. The largest absolute Gasteiger partial charge is 0.497 e. The number of ether oxygens (including phenoxy) is 1. The lowest BCUT2D eigenvalue weighted by atomic mass is 10.1. The van der Waals surface area contributed by atoms with Crippen LogP contribution < -0.4 is 10.1 Å². The number of benzene rings is 1. The van der Waals surface area contributed by atoms with Crippen molar-refractivity contribution in [2.45, 2.75) is 26.1 Å². The quantitative estimate of drug-likeness (QED) is 0.862. The number of rotatable bonds is 6. The molecule has 5 heteroatoms. The number of nitrogens with zero attached hydrogens (tertiary/aromatic N) is 2. The standard InChI is InChI=1S/C16H25N3O2/c1-12(2)18(3)8-9-19-15(20)11-17-16(19)13-6-5-7-14(10-13)21-4/h5-7,10,12,16-17H,8-9,11H2,1-4H3. The highest BCUT2D eigenvalue weighted by atomic mass is 16.5. The third kappa shape index (κ3) is 3.74. The smallest absolute Gasteiger partial charge is 0.238 e. The molecule has 1 amide bonds. The lowest BCUT2D eigenvalue weighted by molar-refractivity contribution is -0.128. The maximum absolute atomic E-state index is 12.1. The van der Waals surface area contributed by atoms with Crippen LogP contribution in [-0.2, 0) is 4.79 Å². The summed E-state index contributed by atoms with van der Waals surface area (Å²) in [6, 6.07) is 8.35. The summed E-state index contributed by atoms with van der Waals surface area (Å²) in [5.41, 5.74) is 1.06. The maximum atomic E-state index is 12.1. The molecule has 0 radical (unpaired) electrons. The van der Waals surface area contributed by atoms with E-state index in [1.54, 1.807) is 7.11 Å². The Morgan fingerprint density at radius 1 is 1.48 bits per heavy atom. The van der Waals surface area contributed by atoms with Gasteiger partial charge in [-0.2, -0.15) is 0 Å². The zero-order valence-electron chi connectivity index (χ0n) is 13.3. The van der Waals surface area contributed by atoms with Gasteiger partial charge in [0.05, 0.1) is 13.7 Å². The molecule has 21 heavy (non-hydrogen) atoms. The summed E-state index contributed by atoms with van der Waals surface area (Å²) in [5.74, 6) is 0.966. The summed E-state index contributed by atoms with van der Waals surface area (Å²) in [4.78, 5) is 16.3. The average molecular weight is 291 g/mol. The molecular weight excluding hydrogens is 266 g/mol. The molecule has 2 rings (SSSR count). The summed E-state index contributed by atoms with van der Waals surface area (Å²) in [7, 11) is 3.74. The molecule has 1 aliphatic rings. The second-order valence-electron chi connectivity index (χ2n) is 5.72. The minimum Gasteiger partial charge on any atom is -0.497 e. The monoisotopic (exact) mass is 291 g/mol. The van der Waals surface area contributed by atoms with Gasteiger partial charge in [-0.25, -0.2) is 0 Å². The van der Waals surface area contributed by atoms with E-state index in [0.29, 0.717) is 12.6 Å². The number of hydrogen-bond acceptors (Lipinski definition) is 4. The molecule has 116 valence electrons. The molecule has 1 atom stereocenters. The molecule has 1 heterocycles. The first-order valence-corrected chi connectivity index (χ1v) is 7.40. The van der Waals surface area contributed by atoms with Crippen molar-refractivity contribution in [1.29, 1.82) is 0 Å². The van der Waals surface area contributed by atoms with Crippen molar-refractivity contribution >= 4 is 5.91 Å². The second kappa shape index (κ2) is 6.91.